The molecule has 2 aromatic carbocycles. The molecule has 2 N–H and O–H groups in total. The third-order valence-electron chi connectivity index (χ3n) is 3.83. The monoisotopic (exact) mass is 315 g/mol. The lowest BCUT2D eigenvalue weighted by molar-refractivity contribution is -0.133. The smallest absolute Gasteiger partial charge is 0.261 e. The Morgan fingerprint density at radius 1 is 1.23 bits per heavy atom. The lowest BCUT2D eigenvalue weighted by atomic mass is 9.87. The molecule has 0 aromatic heterocycles. The molecule has 22 heavy (non-hydrogen) atoms. The van der Waals surface area contributed by atoms with E-state index in [-0.39, 0.29) is 12.2 Å². The molecule has 0 aliphatic carbocycles. The fourth-order valence-corrected chi connectivity index (χ4v) is 2.73. The first-order chi connectivity index (χ1) is 10.4. The van der Waals surface area contributed by atoms with E-state index in [0.717, 1.165) is 5.56 Å². The Labute approximate surface area is 132 Å². The van der Waals surface area contributed by atoms with Crippen LogP contribution < -0.4 is 5.32 Å². The molecule has 0 fully saturated rings. The molecular formula is C17H14ClNO3. The van der Waals surface area contributed by atoms with Crippen LogP contribution in [0.2, 0.25) is 5.02 Å². The fraction of sp³-hybridized carbons (Fsp3) is 0.176. The van der Waals surface area contributed by atoms with Gasteiger partial charge < -0.3 is 10.4 Å². The number of benzene rings is 2. The van der Waals surface area contributed by atoms with Gasteiger partial charge in [0.15, 0.2) is 11.4 Å². The molecule has 1 heterocycles. The van der Waals surface area contributed by atoms with Crippen LogP contribution in [0, 0.1) is 6.92 Å². The largest absolute Gasteiger partial charge is 0.375 e. The highest BCUT2D eigenvalue weighted by atomic mass is 35.5. The molecular weight excluding hydrogens is 302 g/mol. The quantitative estimate of drug-likeness (QED) is 0.855. The van der Waals surface area contributed by atoms with E-state index in [0.29, 0.717) is 21.8 Å². The van der Waals surface area contributed by atoms with Crippen molar-refractivity contribution in [3.63, 3.8) is 0 Å². The van der Waals surface area contributed by atoms with Crippen LogP contribution in [-0.4, -0.2) is 16.8 Å². The normalized spacial score (nSPS) is 19.7. The van der Waals surface area contributed by atoms with E-state index >= 15 is 0 Å². The number of halogens is 1. The molecule has 1 atom stereocenters. The summed E-state index contributed by atoms with van der Waals surface area (Å²) in [4.78, 5) is 24.5. The summed E-state index contributed by atoms with van der Waals surface area (Å²) >= 11 is 5.80. The molecule has 1 aliphatic heterocycles. The Morgan fingerprint density at radius 3 is 2.59 bits per heavy atom. The summed E-state index contributed by atoms with van der Waals surface area (Å²) in [6, 6.07) is 11.7. The number of fused-ring (bicyclic) bond motifs is 1. The van der Waals surface area contributed by atoms with Crippen LogP contribution in [0.15, 0.2) is 42.5 Å². The van der Waals surface area contributed by atoms with Gasteiger partial charge in [0, 0.05) is 21.8 Å². The van der Waals surface area contributed by atoms with E-state index in [9.17, 15) is 14.7 Å². The van der Waals surface area contributed by atoms with Crippen molar-refractivity contribution in [2.24, 2.45) is 0 Å². The van der Waals surface area contributed by atoms with Crippen LogP contribution in [0.25, 0.3) is 0 Å². The Morgan fingerprint density at radius 2 is 1.91 bits per heavy atom. The number of ketones is 1. The second kappa shape index (κ2) is 5.23. The summed E-state index contributed by atoms with van der Waals surface area (Å²) in [6.07, 6.45) is -0.309. The van der Waals surface area contributed by atoms with Crippen molar-refractivity contribution < 1.29 is 14.7 Å². The molecule has 4 nitrogen and oxygen atoms in total. The highest BCUT2D eigenvalue weighted by Crippen LogP contribution is 2.39. The van der Waals surface area contributed by atoms with Gasteiger partial charge in [-0.3, -0.25) is 9.59 Å². The highest BCUT2D eigenvalue weighted by Gasteiger charge is 2.46. The number of aryl methyl sites for hydroxylation is 1. The molecule has 0 saturated carbocycles. The van der Waals surface area contributed by atoms with E-state index in [2.05, 4.69) is 5.32 Å². The van der Waals surface area contributed by atoms with E-state index in [4.69, 9.17) is 11.6 Å². The van der Waals surface area contributed by atoms with Crippen molar-refractivity contribution >= 4 is 29.0 Å². The predicted octanol–water partition coefficient (Wildman–Crippen LogP) is 3.06. The molecule has 2 aromatic rings. The lowest BCUT2D eigenvalue weighted by Gasteiger charge is -2.20. The van der Waals surface area contributed by atoms with Crippen molar-refractivity contribution in [1.29, 1.82) is 0 Å². The third kappa shape index (κ3) is 2.40. The topological polar surface area (TPSA) is 66.4 Å². The van der Waals surface area contributed by atoms with Gasteiger partial charge in [0.1, 0.15) is 0 Å². The molecule has 0 radical (unpaired) electrons. The molecule has 3 rings (SSSR count). The van der Waals surface area contributed by atoms with Gasteiger partial charge in [0.05, 0.1) is 6.42 Å². The Kier molecular flexibility index (Phi) is 3.51. The summed E-state index contributed by atoms with van der Waals surface area (Å²) in [5.41, 5.74) is 0.471. The first kappa shape index (κ1) is 14.8. The third-order valence-corrected chi connectivity index (χ3v) is 4.08. The van der Waals surface area contributed by atoms with Gasteiger partial charge >= 0.3 is 0 Å². The zero-order chi connectivity index (χ0) is 15.9. The van der Waals surface area contributed by atoms with Crippen molar-refractivity contribution in [2.45, 2.75) is 18.9 Å². The number of Topliss-reactive ketones (excluding diaryl/α,β-unsaturated/α-hetero) is 1. The number of nitrogens with one attached hydrogen (secondary N) is 1. The van der Waals surface area contributed by atoms with Gasteiger partial charge in [-0.15, -0.1) is 0 Å². The van der Waals surface area contributed by atoms with Crippen LogP contribution >= 0.6 is 11.6 Å². The van der Waals surface area contributed by atoms with Crippen LogP contribution in [0.4, 0.5) is 5.69 Å². The molecule has 5 heteroatoms. The van der Waals surface area contributed by atoms with Gasteiger partial charge in [-0.2, -0.15) is 0 Å². The van der Waals surface area contributed by atoms with E-state index in [1.807, 2.05) is 13.0 Å². The van der Waals surface area contributed by atoms with Crippen LogP contribution in [0.5, 0.6) is 0 Å². The summed E-state index contributed by atoms with van der Waals surface area (Å²) in [6.45, 7) is 1.87. The van der Waals surface area contributed by atoms with Gasteiger partial charge in [-0.1, -0.05) is 29.3 Å². The number of aliphatic hydroxyl groups is 1. The minimum Gasteiger partial charge on any atom is -0.375 e. The van der Waals surface area contributed by atoms with Crippen molar-refractivity contribution in [1.82, 2.24) is 0 Å². The maximum absolute atomic E-state index is 12.4. The molecule has 1 amide bonds. The number of carbonyl (C=O) groups excluding carboxylic acids is 2. The van der Waals surface area contributed by atoms with Gasteiger partial charge in [-0.05, 0) is 37.3 Å². The van der Waals surface area contributed by atoms with E-state index in [1.54, 1.807) is 36.4 Å². The van der Waals surface area contributed by atoms with Gasteiger partial charge in [-0.25, -0.2) is 0 Å². The number of hydrogen-bond donors (Lipinski definition) is 2. The second-order valence-corrected chi connectivity index (χ2v) is 5.91. The zero-order valence-electron chi connectivity index (χ0n) is 11.9. The maximum atomic E-state index is 12.4. The molecule has 0 saturated heterocycles. The fourth-order valence-electron chi connectivity index (χ4n) is 2.60. The number of carbonyl (C=O) groups is 2. The zero-order valence-corrected chi connectivity index (χ0v) is 12.6. The Bertz CT molecular complexity index is 770. The Hall–Kier alpha value is -2.17. The van der Waals surface area contributed by atoms with Crippen LogP contribution in [0.3, 0.4) is 0 Å². The first-order valence-corrected chi connectivity index (χ1v) is 7.22. The van der Waals surface area contributed by atoms with Crippen molar-refractivity contribution in [3.05, 3.63) is 64.2 Å². The van der Waals surface area contributed by atoms with Crippen LogP contribution in [0.1, 0.15) is 27.9 Å². The second-order valence-electron chi connectivity index (χ2n) is 5.47. The van der Waals surface area contributed by atoms with E-state index in [1.165, 1.54) is 0 Å². The minimum atomic E-state index is -1.84. The lowest BCUT2D eigenvalue weighted by Crippen LogP contribution is -2.36. The summed E-state index contributed by atoms with van der Waals surface area (Å²) in [5, 5.41) is 13.9. The molecule has 0 bridgehead atoms. The average molecular weight is 316 g/mol. The number of hydrogen-bond acceptors (Lipinski definition) is 3. The van der Waals surface area contributed by atoms with Gasteiger partial charge in [0.25, 0.3) is 5.91 Å². The highest BCUT2D eigenvalue weighted by molar-refractivity contribution is 6.30. The maximum Gasteiger partial charge on any atom is 0.261 e. The van der Waals surface area contributed by atoms with E-state index < -0.39 is 11.5 Å². The predicted molar refractivity (Wildman–Crippen MR) is 84.1 cm³/mol. The molecule has 0 spiro atoms. The average Bonchev–Trinajstić information content (AvgIpc) is 2.71. The SMILES string of the molecule is Cc1ccc2c(c1)[C@@](O)(CC(=O)c1ccc(Cl)cc1)C(=O)N2. The summed E-state index contributed by atoms with van der Waals surface area (Å²) in [7, 11) is 0. The van der Waals surface area contributed by atoms with Gasteiger partial charge in [0.2, 0.25) is 0 Å². The molecule has 1 aliphatic rings. The number of amides is 1. The first-order valence-electron chi connectivity index (χ1n) is 6.84. The van der Waals surface area contributed by atoms with Crippen molar-refractivity contribution in [2.75, 3.05) is 5.32 Å². The summed E-state index contributed by atoms with van der Waals surface area (Å²) < 4.78 is 0. The van der Waals surface area contributed by atoms with Crippen LogP contribution in [-0.2, 0) is 10.4 Å². The number of rotatable bonds is 3. The minimum absolute atomic E-state index is 0.309. The molecule has 0 unspecified atom stereocenters. The standard InChI is InChI=1S/C17H14ClNO3/c1-10-2-7-14-13(8-10)17(22,16(21)19-14)9-15(20)11-3-5-12(18)6-4-11/h2-8,22H,9H2,1H3,(H,19,21)/t17-/m0/s1. The Balaban J connectivity index is 1.94. The van der Waals surface area contributed by atoms with Crippen molar-refractivity contribution in [3.8, 4) is 0 Å². The summed E-state index contributed by atoms with van der Waals surface area (Å²) in [5.74, 6) is -0.890. The number of anilines is 1. The molecule has 112 valence electrons.